The maximum atomic E-state index is 12.8. The van der Waals surface area contributed by atoms with Crippen LogP contribution in [0.15, 0.2) is 42.5 Å². The number of nitrogens with zero attached hydrogens (tertiary/aromatic N) is 3. The Kier molecular flexibility index (Phi) is 5.84. The van der Waals surface area contributed by atoms with Gasteiger partial charge in [0, 0.05) is 17.6 Å². The van der Waals surface area contributed by atoms with Gasteiger partial charge in [0.1, 0.15) is 17.1 Å². The Morgan fingerprint density at radius 2 is 1.94 bits per heavy atom. The number of amides is 1. The van der Waals surface area contributed by atoms with Gasteiger partial charge in [0.25, 0.3) is 0 Å². The van der Waals surface area contributed by atoms with Gasteiger partial charge in [-0.15, -0.1) is 0 Å². The van der Waals surface area contributed by atoms with E-state index in [2.05, 4.69) is 15.3 Å². The zero-order valence-corrected chi connectivity index (χ0v) is 18.3. The zero-order chi connectivity index (χ0) is 22.0. The molecule has 1 aliphatic rings. The Morgan fingerprint density at radius 3 is 2.55 bits per heavy atom. The average Bonchev–Trinajstić information content (AvgIpc) is 2.75. The summed E-state index contributed by atoms with van der Waals surface area (Å²) < 4.78 is 15.8. The molecule has 0 spiro atoms. The van der Waals surface area contributed by atoms with E-state index in [0.29, 0.717) is 37.0 Å². The van der Waals surface area contributed by atoms with E-state index in [1.54, 1.807) is 24.1 Å². The van der Waals surface area contributed by atoms with Crippen LogP contribution in [0.4, 0.5) is 16.3 Å². The van der Waals surface area contributed by atoms with Crippen molar-refractivity contribution in [3.05, 3.63) is 53.3 Å². The number of aromatic nitrogens is 2. The second-order valence-electron chi connectivity index (χ2n) is 7.44. The first-order valence-corrected chi connectivity index (χ1v) is 10.1. The molecule has 1 saturated heterocycles. The lowest BCUT2D eigenvalue weighted by atomic mass is 9.94. The number of aryl methyl sites for hydroxylation is 1. The number of hydrogen-bond donors (Lipinski definition) is 1. The number of halogens is 1. The maximum absolute atomic E-state index is 12.8. The Labute approximate surface area is 185 Å². The van der Waals surface area contributed by atoms with Crippen LogP contribution in [0.1, 0.15) is 5.56 Å². The van der Waals surface area contributed by atoms with Crippen LogP contribution in [0.2, 0.25) is 5.28 Å². The summed E-state index contributed by atoms with van der Waals surface area (Å²) in [4.78, 5) is 23.0. The highest BCUT2D eigenvalue weighted by Crippen LogP contribution is 2.33. The van der Waals surface area contributed by atoms with E-state index in [9.17, 15) is 4.79 Å². The van der Waals surface area contributed by atoms with Gasteiger partial charge in [-0.25, -0.2) is 14.8 Å². The third-order valence-electron chi connectivity index (χ3n) is 5.31. The molecule has 9 heteroatoms. The highest BCUT2D eigenvalue weighted by atomic mass is 35.5. The number of ether oxygens (including phenoxy) is 3. The topological polar surface area (TPSA) is 85.8 Å². The smallest absolute Gasteiger partial charge is 0.414 e. The first-order valence-electron chi connectivity index (χ1n) is 9.73. The highest BCUT2D eigenvalue weighted by molar-refractivity contribution is 6.28. The number of carbonyl (C=O) groups is 1. The fourth-order valence-corrected chi connectivity index (χ4v) is 3.82. The Morgan fingerprint density at radius 1 is 1.19 bits per heavy atom. The molecular weight excluding hydrogens is 420 g/mol. The summed E-state index contributed by atoms with van der Waals surface area (Å²) in [5.74, 6) is 1.30. The fourth-order valence-electron chi connectivity index (χ4n) is 3.64. The van der Waals surface area contributed by atoms with Gasteiger partial charge in [-0.2, -0.15) is 0 Å². The molecule has 0 bridgehead atoms. The molecule has 8 nitrogen and oxygen atoms in total. The van der Waals surface area contributed by atoms with E-state index in [1.807, 2.05) is 37.3 Å². The van der Waals surface area contributed by atoms with Crippen LogP contribution in [0.5, 0.6) is 5.75 Å². The van der Waals surface area contributed by atoms with Gasteiger partial charge in [-0.3, -0.25) is 4.90 Å². The van der Waals surface area contributed by atoms with Crippen LogP contribution in [-0.2, 0) is 9.47 Å². The molecule has 0 unspecified atom stereocenters. The first kappa shape index (κ1) is 21.1. The van der Waals surface area contributed by atoms with Crippen LogP contribution < -0.4 is 15.0 Å². The van der Waals surface area contributed by atoms with Gasteiger partial charge >= 0.3 is 6.09 Å². The number of carbonyl (C=O) groups excluding carboxylic acids is 1. The molecule has 162 valence electrons. The molecule has 0 atom stereocenters. The van der Waals surface area contributed by atoms with Crippen molar-refractivity contribution in [1.29, 1.82) is 0 Å². The van der Waals surface area contributed by atoms with Crippen molar-refractivity contribution >= 4 is 40.1 Å². The maximum Gasteiger partial charge on any atom is 0.414 e. The third kappa shape index (κ3) is 4.08. The Balaban J connectivity index is 1.67. The lowest BCUT2D eigenvalue weighted by Gasteiger charge is -2.48. The molecule has 0 aliphatic carbocycles. The monoisotopic (exact) mass is 442 g/mol. The molecule has 1 amide bonds. The minimum atomic E-state index is -0.657. The summed E-state index contributed by atoms with van der Waals surface area (Å²) in [6, 6.07) is 13.1. The molecule has 31 heavy (non-hydrogen) atoms. The molecule has 1 fully saturated rings. The predicted molar refractivity (Wildman–Crippen MR) is 119 cm³/mol. The summed E-state index contributed by atoms with van der Waals surface area (Å²) in [5, 5.41) is 4.37. The van der Waals surface area contributed by atoms with Gasteiger partial charge in [-0.1, -0.05) is 11.6 Å². The highest BCUT2D eigenvalue weighted by Gasteiger charge is 2.48. The van der Waals surface area contributed by atoms with E-state index < -0.39 is 11.6 Å². The molecule has 1 aromatic heterocycles. The first-order chi connectivity index (χ1) is 15.0. The molecule has 1 aliphatic heterocycles. The molecule has 3 aromatic rings. The largest absolute Gasteiger partial charge is 0.497 e. The van der Waals surface area contributed by atoms with E-state index >= 15 is 0 Å². The molecule has 2 aromatic carbocycles. The molecule has 2 heterocycles. The third-order valence-corrected chi connectivity index (χ3v) is 5.48. The van der Waals surface area contributed by atoms with Crippen molar-refractivity contribution in [2.24, 2.45) is 0 Å². The fraction of sp³-hybridized carbons (Fsp3) is 0.318. The van der Waals surface area contributed by atoms with Crippen molar-refractivity contribution < 1.29 is 19.0 Å². The molecule has 1 N–H and O–H groups in total. The molecule has 4 rings (SSSR count). The van der Waals surface area contributed by atoms with Crippen molar-refractivity contribution in [1.82, 2.24) is 9.97 Å². The van der Waals surface area contributed by atoms with Crippen LogP contribution in [-0.4, -0.2) is 55.6 Å². The summed E-state index contributed by atoms with van der Waals surface area (Å²) in [5.41, 5.74) is 1.85. The van der Waals surface area contributed by atoms with Crippen molar-refractivity contribution in [2.45, 2.75) is 12.5 Å². The SMILES string of the molecule is COC(=O)N(c1ccc(OC)cc1)C1(CNc2nc(Cl)nc3ccc(C)cc23)COC1. The van der Waals surface area contributed by atoms with E-state index in [-0.39, 0.29) is 5.28 Å². The predicted octanol–water partition coefficient (Wildman–Crippen LogP) is 4.05. The van der Waals surface area contributed by atoms with Gasteiger partial charge in [-0.05, 0) is 54.9 Å². The second-order valence-corrected chi connectivity index (χ2v) is 7.77. The second kappa shape index (κ2) is 8.56. The lowest BCUT2D eigenvalue weighted by Crippen LogP contribution is -2.68. The number of rotatable bonds is 6. The van der Waals surface area contributed by atoms with Gasteiger partial charge in [0.05, 0.1) is 33.0 Å². The van der Waals surface area contributed by atoms with Gasteiger partial charge in [0.2, 0.25) is 5.28 Å². The molecule has 0 radical (unpaired) electrons. The zero-order valence-electron chi connectivity index (χ0n) is 17.5. The summed E-state index contributed by atoms with van der Waals surface area (Å²) >= 11 is 6.14. The van der Waals surface area contributed by atoms with Gasteiger partial charge in [0.15, 0.2) is 0 Å². The normalized spacial score (nSPS) is 14.6. The van der Waals surface area contributed by atoms with Gasteiger partial charge < -0.3 is 19.5 Å². The summed E-state index contributed by atoms with van der Waals surface area (Å²) in [6.45, 7) is 3.07. The number of anilines is 2. The molecular formula is C22H23ClN4O4. The van der Waals surface area contributed by atoms with E-state index in [0.717, 1.165) is 16.5 Å². The minimum absolute atomic E-state index is 0.151. The minimum Gasteiger partial charge on any atom is -0.497 e. The number of nitrogens with one attached hydrogen (secondary N) is 1. The number of benzene rings is 2. The van der Waals surface area contributed by atoms with Crippen molar-refractivity contribution in [3.63, 3.8) is 0 Å². The summed E-state index contributed by atoms with van der Waals surface area (Å²) in [6.07, 6.45) is -0.475. The average molecular weight is 443 g/mol. The van der Waals surface area contributed by atoms with Crippen LogP contribution in [0, 0.1) is 6.92 Å². The quantitative estimate of drug-likeness (QED) is 0.576. The van der Waals surface area contributed by atoms with Crippen molar-refractivity contribution in [3.8, 4) is 5.75 Å². The van der Waals surface area contributed by atoms with Crippen molar-refractivity contribution in [2.75, 3.05) is 44.2 Å². The van der Waals surface area contributed by atoms with Crippen LogP contribution >= 0.6 is 11.6 Å². The van der Waals surface area contributed by atoms with Crippen LogP contribution in [0.25, 0.3) is 10.9 Å². The Bertz CT molecular complexity index is 1100. The van der Waals surface area contributed by atoms with E-state index in [4.69, 9.17) is 25.8 Å². The van der Waals surface area contributed by atoms with Crippen LogP contribution in [0.3, 0.4) is 0 Å². The number of fused-ring (bicyclic) bond motifs is 1. The lowest BCUT2D eigenvalue weighted by molar-refractivity contribution is -0.0491. The Hall–Kier alpha value is -3.10. The standard InChI is InChI=1S/C22H23ClN4O4/c1-14-4-9-18-17(10-14)19(26-20(23)25-18)24-11-22(12-31-13-22)27(21(28)30-3)15-5-7-16(29-2)8-6-15/h4-10H,11-13H2,1-3H3,(H,24,25,26). The summed E-state index contributed by atoms with van der Waals surface area (Å²) in [7, 11) is 2.96. The number of methoxy groups -OCH3 is 2. The number of hydrogen-bond acceptors (Lipinski definition) is 7. The van der Waals surface area contributed by atoms with E-state index in [1.165, 1.54) is 7.11 Å². The molecule has 0 saturated carbocycles.